The van der Waals surface area contributed by atoms with Crippen molar-refractivity contribution in [3.63, 3.8) is 0 Å². The van der Waals surface area contributed by atoms with Crippen molar-refractivity contribution in [2.24, 2.45) is 16.2 Å². The summed E-state index contributed by atoms with van der Waals surface area (Å²) in [7, 11) is -3.47. The van der Waals surface area contributed by atoms with E-state index in [-0.39, 0.29) is 17.6 Å². The molecule has 3 heterocycles. The van der Waals surface area contributed by atoms with Crippen molar-refractivity contribution in [1.29, 1.82) is 0 Å². The number of nitrogens with one attached hydrogen (secondary N) is 1. The highest BCUT2D eigenvalue weighted by molar-refractivity contribution is 7.90. The molecule has 0 radical (unpaired) electrons. The van der Waals surface area contributed by atoms with Gasteiger partial charge in [0.05, 0.1) is 17.5 Å². The van der Waals surface area contributed by atoms with E-state index < -0.39 is 10.0 Å². The Morgan fingerprint density at radius 3 is 2.85 bits per heavy atom. The number of H-pyrrole nitrogens is 1. The van der Waals surface area contributed by atoms with Gasteiger partial charge in [0.1, 0.15) is 5.82 Å². The molecule has 3 aromatic heterocycles. The van der Waals surface area contributed by atoms with Crippen LogP contribution in [0.5, 0.6) is 0 Å². The van der Waals surface area contributed by atoms with Crippen molar-refractivity contribution in [2.75, 3.05) is 5.75 Å². The van der Waals surface area contributed by atoms with Crippen LogP contribution in [0.4, 0.5) is 0 Å². The number of nitrogens with zero attached hydrogens (tertiary/aromatic N) is 5. The number of aromatic nitrogens is 5. The summed E-state index contributed by atoms with van der Waals surface area (Å²) in [5.41, 5.74) is 3.63. The van der Waals surface area contributed by atoms with Crippen LogP contribution in [0.1, 0.15) is 49.9 Å². The Bertz CT molecular complexity index is 1380. The lowest BCUT2D eigenvalue weighted by molar-refractivity contribution is 0.450. The minimum Gasteiger partial charge on any atom is -0.345 e. The third-order valence-corrected chi connectivity index (χ3v) is 7.94. The molecule has 1 aliphatic rings. The van der Waals surface area contributed by atoms with Gasteiger partial charge in [-0.3, -0.25) is 4.40 Å². The number of hydrogen-bond donors (Lipinski definition) is 1. The molecule has 5 rings (SSSR count). The summed E-state index contributed by atoms with van der Waals surface area (Å²) in [6.07, 6.45) is 9.28. The third kappa shape index (κ3) is 4.55. The van der Waals surface area contributed by atoms with Crippen molar-refractivity contribution >= 4 is 33.0 Å². The fourth-order valence-electron chi connectivity index (χ4n) is 5.03. The van der Waals surface area contributed by atoms with Crippen LogP contribution in [-0.4, -0.2) is 45.0 Å². The number of aryl methyl sites for hydroxylation is 1. The van der Waals surface area contributed by atoms with Crippen molar-refractivity contribution in [2.45, 2.75) is 44.9 Å². The van der Waals surface area contributed by atoms with Gasteiger partial charge in [-0.05, 0) is 49.1 Å². The van der Waals surface area contributed by atoms with E-state index in [9.17, 15) is 8.42 Å². The van der Waals surface area contributed by atoms with Gasteiger partial charge in [-0.25, -0.2) is 13.4 Å². The van der Waals surface area contributed by atoms with Crippen LogP contribution >= 0.6 is 0 Å². The highest BCUT2D eigenvalue weighted by Crippen LogP contribution is 2.44. The van der Waals surface area contributed by atoms with Crippen molar-refractivity contribution in [3.8, 4) is 0 Å². The zero-order valence-corrected chi connectivity index (χ0v) is 19.4. The molecule has 0 bridgehead atoms. The molecule has 0 aliphatic heterocycles. The summed E-state index contributed by atoms with van der Waals surface area (Å²) in [5.74, 6) is 1.70. The number of sulfonamides is 1. The number of hydrogen-bond acceptors (Lipinski definition) is 5. The number of benzene rings is 1. The number of rotatable bonds is 8. The summed E-state index contributed by atoms with van der Waals surface area (Å²) in [5, 5.41) is 8.85. The average molecular weight is 465 g/mol. The molecule has 33 heavy (non-hydrogen) atoms. The van der Waals surface area contributed by atoms with Crippen molar-refractivity contribution in [3.05, 3.63) is 60.2 Å². The lowest BCUT2D eigenvalue weighted by atomic mass is 9.93. The summed E-state index contributed by atoms with van der Waals surface area (Å²) < 4.78 is 31.1. The molecule has 0 amide bonds. The Balaban J connectivity index is 1.29. The summed E-state index contributed by atoms with van der Waals surface area (Å²) in [6, 6.07) is 11.9. The second kappa shape index (κ2) is 9.05. The smallest absolute Gasteiger partial charge is 0.252 e. The molecule has 9 heteroatoms. The molecule has 1 aromatic carbocycles. The van der Waals surface area contributed by atoms with Crippen LogP contribution in [0.15, 0.2) is 53.2 Å². The molecule has 1 unspecified atom stereocenters. The molecule has 1 saturated carbocycles. The fourth-order valence-corrected chi connectivity index (χ4v) is 6.00. The fraction of sp³-hybridized carbons (Fsp3) is 0.417. The molecule has 1 fully saturated rings. The number of fused-ring (bicyclic) bond motifs is 3. The van der Waals surface area contributed by atoms with Gasteiger partial charge in [0.15, 0.2) is 11.3 Å². The van der Waals surface area contributed by atoms with E-state index in [4.69, 9.17) is 0 Å². The molecule has 1 aliphatic carbocycles. The SMILES string of the molecule is CC[C@@H]1CC(/C=N/S(=O)(=O)CCCc2ccccc2)C[C@@H]1c1nnc2cnc3[nH]ccc3n12. The normalized spacial score (nSPS) is 21.5. The van der Waals surface area contributed by atoms with Crippen molar-refractivity contribution < 1.29 is 8.42 Å². The minimum absolute atomic E-state index is 0.0685. The molecule has 0 spiro atoms. The highest BCUT2D eigenvalue weighted by Gasteiger charge is 2.36. The molecule has 8 nitrogen and oxygen atoms in total. The first-order valence-corrected chi connectivity index (χ1v) is 13.1. The van der Waals surface area contributed by atoms with Crippen LogP contribution in [-0.2, 0) is 16.4 Å². The maximum atomic E-state index is 12.5. The Kier molecular flexibility index (Phi) is 5.97. The van der Waals surface area contributed by atoms with Crippen LogP contribution in [0.2, 0.25) is 0 Å². The summed E-state index contributed by atoms with van der Waals surface area (Å²) in [4.78, 5) is 7.54. The van der Waals surface area contributed by atoms with Gasteiger partial charge in [-0.15, -0.1) is 10.2 Å². The van der Waals surface area contributed by atoms with Crippen LogP contribution in [0.25, 0.3) is 16.8 Å². The lowest BCUT2D eigenvalue weighted by Crippen LogP contribution is -2.09. The van der Waals surface area contributed by atoms with E-state index in [1.165, 1.54) is 0 Å². The maximum absolute atomic E-state index is 12.5. The van der Waals surface area contributed by atoms with Gasteiger partial charge in [0.2, 0.25) is 0 Å². The Morgan fingerprint density at radius 2 is 2.03 bits per heavy atom. The number of aromatic amines is 1. The summed E-state index contributed by atoms with van der Waals surface area (Å²) in [6.45, 7) is 2.17. The Labute approximate surface area is 193 Å². The van der Waals surface area contributed by atoms with Gasteiger partial charge in [0, 0.05) is 18.3 Å². The van der Waals surface area contributed by atoms with E-state index in [2.05, 4.69) is 35.9 Å². The largest absolute Gasteiger partial charge is 0.345 e. The van der Waals surface area contributed by atoms with E-state index >= 15 is 0 Å². The monoisotopic (exact) mass is 464 g/mol. The quantitative estimate of drug-likeness (QED) is 0.394. The third-order valence-electron chi connectivity index (χ3n) is 6.70. The van der Waals surface area contributed by atoms with E-state index in [1.54, 1.807) is 12.4 Å². The van der Waals surface area contributed by atoms with E-state index in [1.807, 2.05) is 42.6 Å². The zero-order valence-electron chi connectivity index (χ0n) is 18.6. The Morgan fingerprint density at radius 1 is 1.18 bits per heavy atom. The molecule has 4 aromatic rings. The van der Waals surface area contributed by atoms with Gasteiger partial charge in [-0.1, -0.05) is 43.7 Å². The first-order chi connectivity index (χ1) is 16.0. The Hall–Kier alpha value is -3.07. The lowest BCUT2D eigenvalue weighted by Gasteiger charge is -2.16. The second-order valence-corrected chi connectivity index (χ2v) is 10.6. The van der Waals surface area contributed by atoms with Crippen LogP contribution in [0.3, 0.4) is 0 Å². The zero-order chi connectivity index (χ0) is 22.8. The van der Waals surface area contributed by atoms with E-state index in [0.717, 1.165) is 53.9 Å². The maximum Gasteiger partial charge on any atom is 0.252 e. The minimum atomic E-state index is -3.47. The second-order valence-electron chi connectivity index (χ2n) is 8.86. The van der Waals surface area contributed by atoms with Gasteiger partial charge in [-0.2, -0.15) is 4.40 Å². The first kappa shape index (κ1) is 21.8. The van der Waals surface area contributed by atoms with Gasteiger partial charge in [0.25, 0.3) is 10.0 Å². The van der Waals surface area contributed by atoms with E-state index in [0.29, 0.717) is 12.3 Å². The van der Waals surface area contributed by atoms with Gasteiger partial charge >= 0.3 is 0 Å². The summed E-state index contributed by atoms with van der Waals surface area (Å²) >= 11 is 0. The standard InChI is InChI=1S/C24H28N6O2S/c1-2-19-13-18(15-27-33(31,32)12-6-9-17-7-4-3-5-8-17)14-20(19)24-29-28-22-16-26-23-21(30(22)24)10-11-25-23/h3-5,7-8,10-11,15-16,18-20,25H,2,6,9,12-14H2,1H3/b27-15+/t18?,19-,20+/m1/s1. The molecular weight excluding hydrogens is 436 g/mol. The molecule has 0 saturated heterocycles. The predicted molar refractivity (Wildman–Crippen MR) is 129 cm³/mol. The van der Waals surface area contributed by atoms with Gasteiger partial charge < -0.3 is 4.98 Å². The molecular formula is C24H28N6O2S. The van der Waals surface area contributed by atoms with Crippen LogP contribution in [0, 0.1) is 11.8 Å². The van der Waals surface area contributed by atoms with Crippen LogP contribution < -0.4 is 0 Å². The topological polar surface area (TPSA) is 105 Å². The molecule has 1 N–H and O–H groups in total. The molecule has 3 atom stereocenters. The average Bonchev–Trinajstić information content (AvgIpc) is 3.55. The van der Waals surface area contributed by atoms with Crippen molar-refractivity contribution in [1.82, 2.24) is 24.6 Å². The predicted octanol–water partition coefficient (Wildman–Crippen LogP) is 4.16. The first-order valence-electron chi connectivity index (χ1n) is 11.5. The highest BCUT2D eigenvalue weighted by atomic mass is 32.2. The molecule has 172 valence electrons.